The molecule has 2 heterocycles. The van der Waals surface area contributed by atoms with Gasteiger partial charge in [-0.05, 0) is 82.2 Å². The first-order valence-electron chi connectivity index (χ1n) is 15.6. The summed E-state index contributed by atoms with van der Waals surface area (Å²) in [6, 6.07) is 25.2. The number of hydrogen-bond donors (Lipinski definition) is 3. The second kappa shape index (κ2) is 13.6. The average molecular weight is 631 g/mol. The van der Waals surface area contributed by atoms with Crippen molar-refractivity contribution < 1.29 is 17.8 Å². The molecule has 3 N–H and O–H groups in total. The number of hydrogen-bond acceptors (Lipinski definition) is 5. The van der Waals surface area contributed by atoms with Crippen LogP contribution in [0, 0.1) is 13.8 Å². The summed E-state index contributed by atoms with van der Waals surface area (Å²) in [5, 5.41) is 11.9. The van der Waals surface area contributed by atoms with Crippen LogP contribution in [0.2, 0.25) is 0 Å². The standard InChI is InChI=1S/C29H38N4O.C7H8O3S/c1-7-21-15-17-23(18-16-21)29(8-2,9-3)31-27(34)25-20(4)32-33-26(25)30-24(19-28(33,5)6)22-13-11-10-12-14-22;1-6-2-4-7(5-3-6)11(8,9)10/h10-18,24,30H,7-9,19H2,1-6H3,(H,31,34);2-5H,1H3,(H,8,9,10)/t24-;/m1./s1. The van der Waals surface area contributed by atoms with Gasteiger partial charge in [0.05, 0.1) is 27.7 Å². The lowest BCUT2D eigenvalue weighted by Crippen LogP contribution is -2.45. The summed E-state index contributed by atoms with van der Waals surface area (Å²) < 4.78 is 31.6. The van der Waals surface area contributed by atoms with E-state index in [1.807, 2.05) is 24.6 Å². The molecule has 4 aromatic rings. The molecule has 1 amide bonds. The van der Waals surface area contributed by atoms with Crippen molar-refractivity contribution >= 4 is 21.8 Å². The fourth-order valence-electron chi connectivity index (χ4n) is 6.02. The van der Waals surface area contributed by atoms with Crippen molar-refractivity contribution in [2.24, 2.45) is 0 Å². The summed E-state index contributed by atoms with van der Waals surface area (Å²) in [5.41, 5.74) is 5.39. The smallest absolute Gasteiger partial charge is 0.294 e. The van der Waals surface area contributed by atoms with Crippen molar-refractivity contribution in [3.05, 3.63) is 112 Å². The highest BCUT2D eigenvalue weighted by molar-refractivity contribution is 7.85. The van der Waals surface area contributed by atoms with Crippen molar-refractivity contribution in [2.45, 2.75) is 96.2 Å². The van der Waals surface area contributed by atoms with E-state index in [0.29, 0.717) is 5.56 Å². The monoisotopic (exact) mass is 630 g/mol. The van der Waals surface area contributed by atoms with Crippen molar-refractivity contribution in [3.8, 4) is 0 Å². The maximum atomic E-state index is 13.9. The van der Waals surface area contributed by atoms with E-state index >= 15 is 0 Å². The fourth-order valence-corrected chi connectivity index (χ4v) is 6.50. The Balaban J connectivity index is 0.000000354. The van der Waals surface area contributed by atoms with Crippen LogP contribution in [0.3, 0.4) is 0 Å². The molecule has 45 heavy (non-hydrogen) atoms. The number of aromatic nitrogens is 2. The minimum absolute atomic E-state index is 0.0666. The van der Waals surface area contributed by atoms with E-state index < -0.39 is 15.7 Å². The molecule has 1 aromatic heterocycles. The van der Waals surface area contributed by atoms with Crippen LogP contribution in [0.25, 0.3) is 0 Å². The van der Waals surface area contributed by atoms with E-state index in [9.17, 15) is 13.2 Å². The van der Waals surface area contributed by atoms with Crippen LogP contribution in [-0.4, -0.2) is 28.7 Å². The zero-order chi connectivity index (χ0) is 33.0. The molecule has 9 heteroatoms. The van der Waals surface area contributed by atoms with Gasteiger partial charge in [0.15, 0.2) is 0 Å². The minimum atomic E-state index is -4.02. The van der Waals surface area contributed by atoms with E-state index in [2.05, 4.69) is 93.8 Å². The largest absolute Gasteiger partial charge is 0.363 e. The van der Waals surface area contributed by atoms with Crippen molar-refractivity contribution in [1.82, 2.24) is 15.1 Å². The Labute approximate surface area is 268 Å². The van der Waals surface area contributed by atoms with Crippen LogP contribution >= 0.6 is 0 Å². The highest BCUT2D eigenvalue weighted by atomic mass is 32.2. The summed E-state index contributed by atoms with van der Waals surface area (Å²) in [6.07, 6.45) is 3.52. The van der Waals surface area contributed by atoms with Crippen molar-refractivity contribution in [2.75, 3.05) is 5.32 Å². The van der Waals surface area contributed by atoms with E-state index in [1.54, 1.807) is 12.1 Å². The number of aryl methyl sites for hydroxylation is 3. The molecule has 1 atom stereocenters. The summed E-state index contributed by atoms with van der Waals surface area (Å²) in [5.74, 6) is 0.738. The van der Waals surface area contributed by atoms with Gasteiger partial charge >= 0.3 is 0 Å². The number of anilines is 1. The SMILES string of the molecule is CCc1ccc(C(CC)(CC)NC(=O)c2c(C)nn3c2N[C@@H](c2ccccc2)CC3(C)C)cc1.Cc1ccc(S(=O)(=O)O)cc1. The van der Waals surface area contributed by atoms with Gasteiger partial charge in [0, 0.05) is 0 Å². The maximum Gasteiger partial charge on any atom is 0.294 e. The van der Waals surface area contributed by atoms with Crippen LogP contribution in [0.15, 0.2) is 83.8 Å². The normalized spacial score (nSPS) is 15.7. The van der Waals surface area contributed by atoms with Gasteiger partial charge in [0.25, 0.3) is 16.0 Å². The number of nitrogens with one attached hydrogen (secondary N) is 2. The molecule has 8 nitrogen and oxygen atoms in total. The van der Waals surface area contributed by atoms with Gasteiger partial charge in [0.1, 0.15) is 11.4 Å². The molecule has 0 bridgehead atoms. The lowest BCUT2D eigenvalue weighted by atomic mass is 9.83. The fraction of sp³-hybridized carbons (Fsp3) is 0.389. The molecule has 240 valence electrons. The lowest BCUT2D eigenvalue weighted by Gasteiger charge is -2.38. The molecular formula is C36H46N4O4S. The van der Waals surface area contributed by atoms with Gasteiger partial charge < -0.3 is 10.6 Å². The zero-order valence-electron chi connectivity index (χ0n) is 27.4. The molecule has 0 radical (unpaired) electrons. The summed E-state index contributed by atoms with van der Waals surface area (Å²) in [4.78, 5) is 13.8. The van der Waals surface area contributed by atoms with Crippen LogP contribution < -0.4 is 10.6 Å². The number of fused-ring (bicyclic) bond motifs is 1. The second-order valence-corrected chi connectivity index (χ2v) is 13.8. The lowest BCUT2D eigenvalue weighted by molar-refractivity contribution is 0.0889. The Bertz CT molecular complexity index is 1710. The van der Waals surface area contributed by atoms with E-state index in [-0.39, 0.29) is 22.4 Å². The molecule has 1 aliphatic heterocycles. The van der Waals surface area contributed by atoms with Crippen LogP contribution in [0.1, 0.15) is 98.2 Å². The third-order valence-electron chi connectivity index (χ3n) is 8.87. The molecule has 3 aromatic carbocycles. The Kier molecular flexibility index (Phi) is 10.2. The Hall–Kier alpha value is -3.95. The van der Waals surface area contributed by atoms with Gasteiger partial charge in [-0.15, -0.1) is 0 Å². The molecule has 0 saturated heterocycles. The van der Waals surface area contributed by atoms with E-state index in [0.717, 1.165) is 48.3 Å². The zero-order valence-corrected chi connectivity index (χ0v) is 28.2. The van der Waals surface area contributed by atoms with Crippen LogP contribution in [0.5, 0.6) is 0 Å². The molecule has 0 unspecified atom stereocenters. The highest BCUT2D eigenvalue weighted by Crippen LogP contribution is 2.41. The number of benzene rings is 3. The third-order valence-corrected chi connectivity index (χ3v) is 9.74. The van der Waals surface area contributed by atoms with Gasteiger partial charge in [0.2, 0.25) is 0 Å². The van der Waals surface area contributed by atoms with E-state index in [4.69, 9.17) is 9.65 Å². The first kappa shape index (κ1) is 33.9. The predicted octanol–water partition coefficient (Wildman–Crippen LogP) is 7.73. The van der Waals surface area contributed by atoms with E-state index in [1.165, 1.54) is 23.3 Å². The van der Waals surface area contributed by atoms with Gasteiger partial charge in [-0.3, -0.25) is 9.35 Å². The number of carbonyl (C=O) groups is 1. The number of rotatable bonds is 8. The molecule has 5 rings (SSSR count). The predicted molar refractivity (Wildman–Crippen MR) is 180 cm³/mol. The molecule has 1 aliphatic rings. The molecule has 0 aliphatic carbocycles. The third kappa shape index (κ3) is 7.48. The Morgan fingerprint density at radius 2 is 1.58 bits per heavy atom. The summed E-state index contributed by atoms with van der Waals surface area (Å²) >= 11 is 0. The van der Waals surface area contributed by atoms with Gasteiger partial charge in [-0.1, -0.05) is 93.1 Å². The van der Waals surface area contributed by atoms with Crippen molar-refractivity contribution in [3.63, 3.8) is 0 Å². The average Bonchev–Trinajstić information content (AvgIpc) is 3.37. The van der Waals surface area contributed by atoms with Gasteiger partial charge in [-0.2, -0.15) is 13.5 Å². The minimum Gasteiger partial charge on any atom is -0.363 e. The maximum absolute atomic E-state index is 13.9. The number of nitrogens with zero attached hydrogens (tertiary/aromatic N) is 2. The number of carbonyl (C=O) groups excluding carboxylic acids is 1. The highest BCUT2D eigenvalue weighted by Gasteiger charge is 2.39. The topological polar surface area (TPSA) is 113 Å². The van der Waals surface area contributed by atoms with Crippen LogP contribution in [-0.2, 0) is 27.6 Å². The quantitative estimate of drug-likeness (QED) is 0.172. The first-order valence-corrected chi connectivity index (χ1v) is 17.1. The van der Waals surface area contributed by atoms with Crippen LogP contribution in [0.4, 0.5) is 5.82 Å². The van der Waals surface area contributed by atoms with Crippen molar-refractivity contribution in [1.29, 1.82) is 0 Å². The first-order chi connectivity index (χ1) is 21.2. The Morgan fingerprint density at radius 3 is 2.11 bits per heavy atom. The van der Waals surface area contributed by atoms with Gasteiger partial charge in [-0.25, -0.2) is 4.68 Å². The summed E-state index contributed by atoms with van der Waals surface area (Å²) in [6.45, 7) is 14.6. The summed E-state index contributed by atoms with van der Waals surface area (Å²) in [7, 11) is -4.02. The molecule has 0 fully saturated rings. The molecule has 0 spiro atoms. The second-order valence-electron chi connectivity index (χ2n) is 12.4. The number of amides is 1. The Morgan fingerprint density at radius 1 is 0.978 bits per heavy atom. The molecule has 0 saturated carbocycles. The molecular weight excluding hydrogens is 584 g/mol.